The standard InChI is InChI=1S/C22H26N4O2S/c1-25-11-13-26(14-12-25)15-19(17-7-3-2-4-8-17)23-21(27)16-29-22-24-18-9-5-6-10-20(18)28-22/h2-10,19H,11-16H2,1H3,(H,23,27). The molecule has 1 saturated heterocycles. The molecule has 1 fully saturated rings. The third-order valence-corrected chi connectivity index (χ3v) is 6.00. The Morgan fingerprint density at radius 2 is 1.83 bits per heavy atom. The van der Waals surface area contributed by atoms with Gasteiger partial charge >= 0.3 is 0 Å². The van der Waals surface area contributed by atoms with Crippen LogP contribution in [0, 0.1) is 0 Å². The van der Waals surface area contributed by atoms with Gasteiger partial charge in [-0.05, 0) is 24.7 Å². The van der Waals surface area contributed by atoms with Gasteiger partial charge in [0.05, 0.1) is 11.8 Å². The molecule has 0 radical (unpaired) electrons. The number of fused-ring (bicyclic) bond motifs is 1. The topological polar surface area (TPSA) is 61.6 Å². The van der Waals surface area contributed by atoms with Crippen LogP contribution in [0.4, 0.5) is 0 Å². The van der Waals surface area contributed by atoms with Crippen LogP contribution in [0.5, 0.6) is 0 Å². The number of nitrogens with zero attached hydrogens (tertiary/aromatic N) is 3. The van der Waals surface area contributed by atoms with Crippen molar-refractivity contribution in [3.8, 4) is 0 Å². The summed E-state index contributed by atoms with van der Waals surface area (Å²) in [7, 11) is 2.15. The summed E-state index contributed by atoms with van der Waals surface area (Å²) in [5, 5.41) is 3.74. The van der Waals surface area contributed by atoms with E-state index < -0.39 is 0 Å². The molecule has 1 N–H and O–H groups in total. The van der Waals surface area contributed by atoms with Crippen molar-refractivity contribution in [2.75, 3.05) is 45.5 Å². The van der Waals surface area contributed by atoms with E-state index in [1.54, 1.807) is 0 Å². The maximum Gasteiger partial charge on any atom is 0.257 e. The zero-order chi connectivity index (χ0) is 20.1. The first-order valence-corrected chi connectivity index (χ1v) is 10.9. The fourth-order valence-electron chi connectivity index (χ4n) is 3.48. The molecule has 152 valence electrons. The summed E-state index contributed by atoms with van der Waals surface area (Å²) in [5.74, 6) is 0.263. The van der Waals surface area contributed by atoms with Crippen LogP contribution in [-0.4, -0.2) is 66.2 Å². The maximum absolute atomic E-state index is 12.7. The SMILES string of the molecule is CN1CCN(CC(NC(=O)CSc2nc3ccccc3o2)c2ccccc2)CC1. The van der Waals surface area contributed by atoms with Crippen molar-refractivity contribution >= 4 is 28.8 Å². The van der Waals surface area contributed by atoms with Crippen molar-refractivity contribution in [1.29, 1.82) is 0 Å². The second-order valence-corrected chi connectivity index (χ2v) is 8.30. The van der Waals surface area contributed by atoms with Gasteiger partial charge in [-0.15, -0.1) is 0 Å². The number of benzene rings is 2. The quantitative estimate of drug-likeness (QED) is 0.604. The zero-order valence-electron chi connectivity index (χ0n) is 16.6. The molecule has 4 rings (SSSR count). The highest BCUT2D eigenvalue weighted by atomic mass is 32.2. The zero-order valence-corrected chi connectivity index (χ0v) is 17.4. The normalized spacial score (nSPS) is 16.7. The molecule has 6 nitrogen and oxygen atoms in total. The molecule has 3 aromatic rings. The van der Waals surface area contributed by atoms with Crippen LogP contribution in [0.1, 0.15) is 11.6 Å². The first-order chi connectivity index (χ1) is 14.2. The number of hydrogen-bond acceptors (Lipinski definition) is 6. The summed E-state index contributed by atoms with van der Waals surface area (Å²) < 4.78 is 5.70. The lowest BCUT2D eigenvalue weighted by Crippen LogP contribution is -2.48. The van der Waals surface area contributed by atoms with E-state index >= 15 is 0 Å². The first kappa shape index (κ1) is 19.9. The number of thioether (sulfide) groups is 1. The Balaban J connectivity index is 1.37. The van der Waals surface area contributed by atoms with Crippen LogP contribution in [-0.2, 0) is 4.79 Å². The molecule has 0 saturated carbocycles. The van der Waals surface area contributed by atoms with Crippen LogP contribution >= 0.6 is 11.8 Å². The summed E-state index contributed by atoms with van der Waals surface area (Å²) in [5.41, 5.74) is 2.69. The van der Waals surface area contributed by atoms with Crippen LogP contribution < -0.4 is 5.32 Å². The van der Waals surface area contributed by atoms with E-state index in [1.807, 2.05) is 42.5 Å². The average molecular weight is 411 g/mol. The third kappa shape index (κ3) is 5.38. The molecule has 2 heterocycles. The second-order valence-electron chi connectivity index (χ2n) is 7.37. The number of piperazine rings is 1. The van der Waals surface area contributed by atoms with Gasteiger partial charge in [0.15, 0.2) is 5.58 Å². The van der Waals surface area contributed by atoms with Gasteiger partial charge < -0.3 is 14.6 Å². The minimum Gasteiger partial charge on any atom is -0.431 e. The summed E-state index contributed by atoms with van der Waals surface area (Å²) in [6.07, 6.45) is 0. The molecule has 29 heavy (non-hydrogen) atoms. The van der Waals surface area contributed by atoms with Crippen molar-refractivity contribution in [2.45, 2.75) is 11.3 Å². The number of carbonyl (C=O) groups excluding carboxylic acids is 1. The largest absolute Gasteiger partial charge is 0.431 e. The lowest BCUT2D eigenvalue weighted by Gasteiger charge is -2.35. The minimum atomic E-state index is -0.0312. The molecular formula is C22H26N4O2S. The fraction of sp³-hybridized carbons (Fsp3) is 0.364. The molecule has 1 atom stereocenters. The predicted molar refractivity (Wildman–Crippen MR) is 116 cm³/mol. The van der Waals surface area contributed by atoms with E-state index in [0.29, 0.717) is 5.22 Å². The average Bonchev–Trinajstić information content (AvgIpc) is 3.17. The van der Waals surface area contributed by atoms with E-state index in [0.717, 1.165) is 49.4 Å². The monoisotopic (exact) mass is 410 g/mol. The number of oxazole rings is 1. The van der Waals surface area contributed by atoms with Gasteiger partial charge in [-0.3, -0.25) is 9.69 Å². The second kappa shape index (κ2) is 9.43. The number of rotatable bonds is 7. The van der Waals surface area contributed by atoms with Crippen molar-refractivity contribution in [3.05, 3.63) is 60.2 Å². The summed E-state index contributed by atoms with van der Waals surface area (Å²) in [6, 6.07) is 17.8. The number of para-hydroxylation sites is 2. The Morgan fingerprint density at radius 3 is 2.59 bits per heavy atom. The fourth-order valence-corrected chi connectivity index (χ4v) is 4.13. The predicted octanol–water partition coefficient (Wildman–Crippen LogP) is 3.02. The van der Waals surface area contributed by atoms with Crippen LogP contribution in [0.15, 0.2) is 64.2 Å². The maximum atomic E-state index is 12.7. The lowest BCUT2D eigenvalue weighted by atomic mass is 10.1. The van der Waals surface area contributed by atoms with Gasteiger partial charge in [-0.1, -0.05) is 54.2 Å². The molecule has 1 amide bonds. The molecule has 1 unspecified atom stereocenters. The van der Waals surface area contributed by atoms with Crippen molar-refractivity contribution < 1.29 is 9.21 Å². The lowest BCUT2D eigenvalue weighted by molar-refractivity contribution is -0.119. The Kier molecular flexibility index (Phi) is 6.49. The van der Waals surface area contributed by atoms with E-state index in [4.69, 9.17) is 4.42 Å². The van der Waals surface area contributed by atoms with Gasteiger partial charge in [-0.25, -0.2) is 4.98 Å². The summed E-state index contributed by atoms with van der Waals surface area (Å²) in [6.45, 7) is 4.98. The van der Waals surface area contributed by atoms with E-state index in [9.17, 15) is 4.79 Å². The highest BCUT2D eigenvalue weighted by Crippen LogP contribution is 2.23. The summed E-state index contributed by atoms with van der Waals surface area (Å²) in [4.78, 5) is 21.9. The molecule has 0 spiro atoms. The van der Waals surface area contributed by atoms with Crippen molar-refractivity contribution in [2.24, 2.45) is 0 Å². The Hall–Kier alpha value is -2.35. The van der Waals surface area contributed by atoms with Gasteiger partial charge in [0.1, 0.15) is 5.52 Å². The number of amides is 1. The third-order valence-electron chi connectivity index (χ3n) is 5.17. The summed E-state index contributed by atoms with van der Waals surface area (Å²) >= 11 is 1.33. The van der Waals surface area contributed by atoms with Crippen LogP contribution in [0.2, 0.25) is 0 Å². The minimum absolute atomic E-state index is 0.0137. The Bertz CT molecular complexity index is 905. The van der Waals surface area contributed by atoms with Crippen molar-refractivity contribution in [3.63, 3.8) is 0 Å². The van der Waals surface area contributed by atoms with Crippen molar-refractivity contribution in [1.82, 2.24) is 20.1 Å². The molecule has 0 bridgehead atoms. The molecule has 0 aliphatic carbocycles. The van der Waals surface area contributed by atoms with E-state index in [-0.39, 0.29) is 17.7 Å². The first-order valence-electron chi connectivity index (χ1n) is 9.91. The molecule has 1 aliphatic rings. The number of hydrogen-bond donors (Lipinski definition) is 1. The van der Waals surface area contributed by atoms with Gasteiger partial charge in [0.2, 0.25) is 5.91 Å². The Morgan fingerprint density at radius 1 is 1.10 bits per heavy atom. The smallest absolute Gasteiger partial charge is 0.257 e. The Labute approximate surface area is 175 Å². The van der Waals surface area contributed by atoms with Gasteiger partial charge in [-0.2, -0.15) is 0 Å². The highest BCUT2D eigenvalue weighted by molar-refractivity contribution is 7.99. The molecule has 1 aliphatic heterocycles. The number of aromatic nitrogens is 1. The van der Waals surface area contributed by atoms with Gasteiger partial charge in [0.25, 0.3) is 5.22 Å². The number of nitrogens with one attached hydrogen (secondary N) is 1. The van der Waals surface area contributed by atoms with Gasteiger partial charge in [0, 0.05) is 32.7 Å². The highest BCUT2D eigenvalue weighted by Gasteiger charge is 2.21. The van der Waals surface area contributed by atoms with Crippen LogP contribution in [0.3, 0.4) is 0 Å². The van der Waals surface area contributed by atoms with E-state index in [2.05, 4.69) is 39.3 Å². The number of likely N-dealkylation sites (N-methyl/N-ethyl adjacent to an activating group) is 1. The molecule has 2 aromatic carbocycles. The molecule has 7 heteroatoms. The number of carbonyl (C=O) groups is 1. The van der Waals surface area contributed by atoms with E-state index in [1.165, 1.54) is 11.8 Å². The van der Waals surface area contributed by atoms with Crippen LogP contribution in [0.25, 0.3) is 11.1 Å². The molecular weight excluding hydrogens is 384 g/mol. The molecule has 1 aromatic heterocycles.